The molecule has 0 aromatic heterocycles. The van der Waals surface area contributed by atoms with Crippen molar-refractivity contribution in [1.82, 2.24) is 0 Å². The first kappa shape index (κ1) is 18.1. The molecule has 5 nitrogen and oxygen atoms in total. The minimum atomic E-state index is -0.517. The van der Waals surface area contributed by atoms with Crippen LogP contribution in [-0.4, -0.2) is 43.8 Å². The summed E-state index contributed by atoms with van der Waals surface area (Å²) in [7, 11) is 0. The van der Waals surface area contributed by atoms with Crippen LogP contribution in [0, 0.1) is 28.6 Å². The van der Waals surface area contributed by atoms with Crippen molar-refractivity contribution in [1.29, 1.82) is 0 Å². The van der Waals surface area contributed by atoms with E-state index in [9.17, 15) is 4.79 Å². The van der Waals surface area contributed by atoms with Gasteiger partial charge in [-0.2, -0.15) is 0 Å². The molecule has 2 aliphatic heterocycles. The number of allylic oxidation sites excluding steroid dienone is 1. The molecule has 0 amide bonds. The molecular weight excluding hydrogens is 356 g/mol. The zero-order valence-corrected chi connectivity index (χ0v) is 17.1. The van der Waals surface area contributed by atoms with Crippen molar-refractivity contribution >= 4 is 5.78 Å². The maximum atomic E-state index is 13.7. The van der Waals surface area contributed by atoms with E-state index in [-0.39, 0.29) is 16.7 Å². The molecule has 0 unspecified atom stereocenters. The number of rotatable bonds is 0. The van der Waals surface area contributed by atoms with E-state index in [0.29, 0.717) is 50.5 Å². The summed E-state index contributed by atoms with van der Waals surface area (Å²) in [5, 5.41) is 0. The summed E-state index contributed by atoms with van der Waals surface area (Å²) in [5.74, 6) is 0.484. The number of fused-ring (bicyclic) bond motifs is 6. The molecule has 6 rings (SSSR count). The Kier molecular flexibility index (Phi) is 3.67. The lowest BCUT2D eigenvalue weighted by Gasteiger charge is -2.58. The highest BCUT2D eigenvalue weighted by atomic mass is 16.7. The SMILES string of the molecule is C[C@@]12CCC3(C=C1CC[C@H]1[C@H]4CCC5(OCCO5)[C@]4(C)CC(=O)[C@@H]12)OCCO3. The van der Waals surface area contributed by atoms with Crippen LogP contribution in [-0.2, 0) is 23.7 Å². The van der Waals surface area contributed by atoms with Gasteiger partial charge in [-0.1, -0.05) is 19.4 Å². The Labute approximate surface area is 167 Å². The molecule has 0 aromatic carbocycles. The van der Waals surface area contributed by atoms with Crippen LogP contribution >= 0.6 is 0 Å². The fourth-order valence-electron chi connectivity index (χ4n) is 8.08. The van der Waals surface area contributed by atoms with Gasteiger partial charge in [-0.15, -0.1) is 0 Å². The zero-order valence-electron chi connectivity index (χ0n) is 17.1. The Morgan fingerprint density at radius 1 is 0.929 bits per heavy atom. The van der Waals surface area contributed by atoms with Crippen LogP contribution in [0.1, 0.15) is 58.8 Å². The third-order valence-electron chi connectivity index (χ3n) is 9.39. The normalized spacial score (nSPS) is 48.4. The zero-order chi connectivity index (χ0) is 19.2. The molecule has 154 valence electrons. The van der Waals surface area contributed by atoms with Gasteiger partial charge < -0.3 is 18.9 Å². The molecule has 0 aromatic rings. The molecule has 0 radical (unpaired) electrons. The van der Waals surface area contributed by atoms with E-state index in [2.05, 4.69) is 19.9 Å². The lowest BCUT2D eigenvalue weighted by molar-refractivity contribution is -0.239. The summed E-state index contributed by atoms with van der Waals surface area (Å²) in [6.45, 7) is 7.29. The Hall–Kier alpha value is -0.750. The van der Waals surface area contributed by atoms with Gasteiger partial charge in [-0.05, 0) is 49.0 Å². The van der Waals surface area contributed by atoms with Gasteiger partial charge in [0, 0.05) is 30.6 Å². The van der Waals surface area contributed by atoms with Crippen molar-refractivity contribution in [2.75, 3.05) is 26.4 Å². The highest BCUT2D eigenvalue weighted by molar-refractivity contribution is 5.85. The summed E-state index contributed by atoms with van der Waals surface area (Å²) in [6.07, 6.45) is 8.89. The third-order valence-corrected chi connectivity index (χ3v) is 9.39. The van der Waals surface area contributed by atoms with Crippen molar-refractivity contribution in [2.24, 2.45) is 28.6 Å². The van der Waals surface area contributed by atoms with Crippen molar-refractivity contribution in [2.45, 2.75) is 70.4 Å². The van der Waals surface area contributed by atoms with Crippen LogP contribution in [0.3, 0.4) is 0 Å². The van der Waals surface area contributed by atoms with Crippen molar-refractivity contribution < 1.29 is 23.7 Å². The van der Waals surface area contributed by atoms with Crippen LogP contribution < -0.4 is 0 Å². The smallest absolute Gasteiger partial charge is 0.188 e. The Morgan fingerprint density at radius 2 is 1.64 bits per heavy atom. The Bertz CT molecular complexity index is 731. The summed E-state index contributed by atoms with van der Waals surface area (Å²) in [5.41, 5.74) is 1.18. The van der Waals surface area contributed by atoms with Crippen LogP contribution in [0.15, 0.2) is 11.6 Å². The second-order valence-corrected chi connectivity index (χ2v) is 10.4. The van der Waals surface area contributed by atoms with Crippen molar-refractivity contribution in [3.8, 4) is 0 Å². The quantitative estimate of drug-likeness (QED) is 0.594. The molecule has 5 heteroatoms. The van der Waals surface area contributed by atoms with E-state index < -0.39 is 11.6 Å². The molecule has 28 heavy (non-hydrogen) atoms. The molecule has 5 atom stereocenters. The van der Waals surface area contributed by atoms with Gasteiger partial charge in [0.25, 0.3) is 0 Å². The van der Waals surface area contributed by atoms with Gasteiger partial charge in [0.2, 0.25) is 0 Å². The number of ether oxygens (including phenoxy) is 4. The highest BCUT2D eigenvalue weighted by Crippen LogP contribution is 2.68. The van der Waals surface area contributed by atoms with E-state index in [4.69, 9.17) is 18.9 Å². The Balaban J connectivity index is 1.37. The molecule has 4 aliphatic carbocycles. The van der Waals surface area contributed by atoms with Gasteiger partial charge in [-0.3, -0.25) is 4.79 Å². The topological polar surface area (TPSA) is 54.0 Å². The van der Waals surface area contributed by atoms with Gasteiger partial charge in [0.15, 0.2) is 11.6 Å². The number of ketones is 1. The predicted octanol–water partition coefficient (Wildman–Crippen LogP) is 3.61. The molecule has 5 fully saturated rings. The van der Waals surface area contributed by atoms with Gasteiger partial charge in [-0.25, -0.2) is 0 Å². The largest absolute Gasteiger partial charge is 0.347 e. The van der Waals surface area contributed by atoms with Crippen LogP contribution in [0.2, 0.25) is 0 Å². The van der Waals surface area contributed by atoms with E-state index in [1.54, 1.807) is 0 Å². The first-order chi connectivity index (χ1) is 13.4. The van der Waals surface area contributed by atoms with E-state index in [1.165, 1.54) is 5.57 Å². The maximum Gasteiger partial charge on any atom is 0.188 e. The summed E-state index contributed by atoms with van der Waals surface area (Å²) in [6, 6.07) is 0. The molecule has 2 saturated heterocycles. The lowest BCUT2D eigenvalue weighted by atomic mass is 9.46. The van der Waals surface area contributed by atoms with Crippen LogP contribution in [0.4, 0.5) is 0 Å². The van der Waals surface area contributed by atoms with E-state index >= 15 is 0 Å². The lowest BCUT2D eigenvalue weighted by Crippen LogP contribution is -2.59. The number of carbonyl (C=O) groups excluding carboxylic acids is 1. The minimum Gasteiger partial charge on any atom is -0.347 e. The summed E-state index contributed by atoms with van der Waals surface area (Å²) < 4.78 is 24.3. The second-order valence-electron chi connectivity index (χ2n) is 10.4. The summed E-state index contributed by atoms with van der Waals surface area (Å²) in [4.78, 5) is 13.7. The van der Waals surface area contributed by atoms with Gasteiger partial charge >= 0.3 is 0 Å². The fraction of sp³-hybridized carbons (Fsp3) is 0.870. The number of Topliss-reactive ketones (excluding diaryl/α,β-unsaturated/α-hetero) is 1. The van der Waals surface area contributed by atoms with Crippen LogP contribution in [0.5, 0.6) is 0 Å². The number of hydrogen-bond acceptors (Lipinski definition) is 5. The highest BCUT2D eigenvalue weighted by Gasteiger charge is 2.69. The van der Waals surface area contributed by atoms with Gasteiger partial charge in [0.1, 0.15) is 5.78 Å². The molecule has 0 bridgehead atoms. The van der Waals surface area contributed by atoms with Crippen LogP contribution in [0.25, 0.3) is 0 Å². The van der Waals surface area contributed by atoms with Crippen molar-refractivity contribution in [3.05, 3.63) is 11.6 Å². The van der Waals surface area contributed by atoms with Crippen molar-refractivity contribution in [3.63, 3.8) is 0 Å². The number of hydrogen-bond donors (Lipinski definition) is 0. The standard InChI is InChI=1S/C23H32O5/c1-20-7-8-22(25-9-10-26-22)13-15(20)3-4-16-17-5-6-23(27-11-12-28-23)21(17,2)14-18(24)19(16)20/h13,16-17,19H,3-12,14H2,1-2H3/t16-,17+,19+,20+,21+/m0/s1. The van der Waals surface area contributed by atoms with Gasteiger partial charge in [0.05, 0.1) is 26.4 Å². The monoisotopic (exact) mass is 388 g/mol. The molecular formula is C23H32O5. The van der Waals surface area contributed by atoms with E-state index in [0.717, 1.165) is 38.5 Å². The average molecular weight is 389 g/mol. The number of carbonyl (C=O) groups is 1. The fourth-order valence-corrected chi connectivity index (χ4v) is 8.08. The predicted molar refractivity (Wildman–Crippen MR) is 101 cm³/mol. The minimum absolute atomic E-state index is 0.0466. The first-order valence-corrected chi connectivity index (χ1v) is 11.2. The molecule has 3 saturated carbocycles. The molecule has 2 heterocycles. The first-order valence-electron chi connectivity index (χ1n) is 11.2. The molecule has 6 aliphatic rings. The third kappa shape index (κ3) is 2.09. The summed E-state index contributed by atoms with van der Waals surface area (Å²) >= 11 is 0. The van der Waals surface area contributed by atoms with E-state index in [1.807, 2.05) is 0 Å². The maximum absolute atomic E-state index is 13.7. The molecule has 2 spiro atoms. The average Bonchev–Trinajstić information content (AvgIpc) is 3.38. The Morgan fingerprint density at radius 3 is 2.39 bits per heavy atom. The molecule has 0 N–H and O–H groups in total. The second kappa shape index (κ2) is 5.69.